The molecule has 1 fully saturated rings. The van der Waals surface area contributed by atoms with E-state index in [0.29, 0.717) is 12.5 Å². The van der Waals surface area contributed by atoms with Crippen LogP contribution in [0.3, 0.4) is 0 Å². The van der Waals surface area contributed by atoms with Crippen molar-refractivity contribution in [3.8, 4) is 0 Å². The molecule has 2 amide bonds. The molecule has 26 heavy (non-hydrogen) atoms. The van der Waals surface area contributed by atoms with Crippen molar-refractivity contribution in [3.05, 3.63) is 65.4 Å². The molecular formula is C19H14F2N2O3. The molecule has 1 heterocycles. The van der Waals surface area contributed by atoms with Gasteiger partial charge in [0, 0.05) is 12.0 Å². The third-order valence-electron chi connectivity index (χ3n) is 4.54. The smallest absolute Gasteiger partial charge is 0.286 e. The summed E-state index contributed by atoms with van der Waals surface area (Å²) in [6.45, 7) is 0. The summed E-state index contributed by atoms with van der Waals surface area (Å²) in [4.78, 5) is 24.2. The summed E-state index contributed by atoms with van der Waals surface area (Å²) in [7, 11) is 0. The Morgan fingerprint density at radius 1 is 1.15 bits per heavy atom. The zero-order valence-electron chi connectivity index (χ0n) is 13.5. The first-order valence-corrected chi connectivity index (χ1v) is 8.03. The molecule has 1 saturated carbocycles. The Hall–Kier alpha value is -3.22. The molecule has 2 aromatic carbocycles. The highest BCUT2D eigenvalue weighted by Crippen LogP contribution is 2.48. The Balaban J connectivity index is 1.66. The second kappa shape index (κ2) is 5.94. The number of halogens is 2. The van der Waals surface area contributed by atoms with E-state index in [4.69, 9.17) is 10.2 Å². The fourth-order valence-corrected chi connectivity index (χ4v) is 3.19. The van der Waals surface area contributed by atoms with Gasteiger partial charge in [-0.15, -0.1) is 0 Å². The zero-order chi connectivity index (χ0) is 18.4. The quantitative estimate of drug-likeness (QED) is 0.750. The van der Waals surface area contributed by atoms with Gasteiger partial charge < -0.3 is 15.5 Å². The largest absolute Gasteiger partial charge is 0.446 e. The SMILES string of the molecule is NC(=O)c1oc2c(F)cc(F)cc2c1NC(=O)[C@H]1C[C@@H]1c1ccccc1. The Labute approximate surface area is 146 Å². The summed E-state index contributed by atoms with van der Waals surface area (Å²) in [6, 6.07) is 11.2. The molecule has 0 spiro atoms. The third-order valence-corrected chi connectivity index (χ3v) is 4.54. The lowest BCUT2D eigenvalue weighted by molar-refractivity contribution is -0.117. The van der Waals surface area contributed by atoms with Crippen LogP contribution in [0.2, 0.25) is 0 Å². The van der Waals surface area contributed by atoms with E-state index in [2.05, 4.69) is 5.32 Å². The van der Waals surface area contributed by atoms with E-state index in [9.17, 15) is 18.4 Å². The highest BCUT2D eigenvalue weighted by molar-refractivity contribution is 6.11. The van der Waals surface area contributed by atoms with Gasteiger partial charge in [0.1, 0.15) is 11.5 Å². The molecule has 1 aliphatic carbocycles. The lowest BCUT2D eigenvalue weighted by atomic mass is 10.1. The monoisotopic (exact) mass is 356 g/mol. The summed E-state index contributed by atoms with van der Waals surface area (Å²) in [5.74, 6) is -3.79. The van der Waals surface area contributed by atoms with Crippen LogP contribution in [-0.4, -0.2) is 11.8 Å². The molecule has 2 atom stereocenters. The third kappa shape index (κ3) is 2.71. The van der Waals surface area contributed by atoms with Crippen LogP contribution in [0.1, 0.15) is 28.5 Å². The number of rotatable bonds is 4. The van der Waals surface area contributed by atoms with Crippen LogP contribution < -0.4 is 11.1 Å². The number of benzene rings is 2. The highest BCUT2D eigenvalue weighted by Gasteiger charge is 2.44. The van der Waals surface area contributed by atoms with Crippen LogP contribution in [0, 0.1) is 17.6 Å². The van der Waals surface area contributed by atoms with Crippen LogP contribution in [-0.2, 0) is 4.79 Å². The maximum absolute atomic E-state index is 13.9. The van der Waals surface area contributed by atoms with Gasteiger partial charge in [-0.05, 0) is 24.0 Å². The maximum Gasteiger partial charge on any atom is 0.286 e. The van der Waals surface area contributed by atoms with E-state index in [0.717, 1.165) is 11.6 Å². The Kier molecular flexibility index (Phi) is 3.72. The molecule has 0 saturated heterocycles. The van der Waals surface area contributed by atoms with Gasteiger partial charge in [-0.2, -0.15) is 0 Å². The van der Waals surface area contributed by atoms with Crippen molar-refractivity contribution in [2.45, 2.75) is 12.3 Å². The van der Waals surface area contributed by atoms with Crippen molar-refractivity contribution in [1.29, 1.82) is 0 Å². The zero-order valence-corrected chi connectivity index (χ0v) is 13.5. The molecule has 132 valence electrons. The van der Waals surface area contributed by atoms with Crippen LogP contribution in [0.4, 0.5) is 14.5 Å². The summed E-state index contributed by atoms with van der Waals surface area (Å²) in [6.07, 6.45) is 0.653. The van der Waals surface area contributed by atoms with Crippen molar-refractivity contribution in [2.24, 2.45) is 11.7 Å². The van der Waals surface area contributed by atoms with E-state index in [1.54, 1.807) is 0 Å². The number of primary amides is 1. The van der Waals surface area contributed by atoms with Gasteiger partial charge in [0.2, 0.25) is 11.7 Å². The lowest BCUT2D eigenvalue weighted by Gasteiger charge is -2.05. The molecule has 1 aliphatic rings. The lowest BCUT2D eigenvalue weighted by Crippen LogP contribution is -2.18. The molecule has 3 aromatic rings. The maximum atomic E-state index is 13.9. The first kappa shape index (κ1) is 16.3. The molecule has 7 heteroatoms. The normalized spacial score (nSPS) is 18.7. The van der Waals surface area contributed by atoms with Gasteiger partial charge in [-0.1, -0.05) is 30.3 Å². The minimum absolute atomic E-state index is 0.0402. The number of hydrogen-bond donors (Lipinski definition) is 2. The van der Waals surface area contributed by atoms with Crippen molar-refractivity contribution < 1.29 is 22.8 Å². The van der Waals surface area contributed by atoms with Crippen molar-refractivity contribution in [1.82, 2.24) is 0 Å². The number of nitrogens with one attached hydrogen (secondary N) is 1. The predicted octanol–water partition coefficient (Wildman–Crippen LogP) is 3.55. The van der Waals surface area contributed by atoms with E-state index < -0.39 is 23.3 Å². The first-order chi connectivity index (χ1) is 12.5. The molecular weight excluding hydrogens is 342 g/mol. The first-order valence-electron chi connectivity index (χ1n) is 8.03. The van der Waals surface area contributed by atoms with Crippen LogP contribution in [0.5, 0.6) is 0 Å². The number of carbonyl (C=O) groups excluding carboxylic acids is 2. The van der Waals surface area contributed by atoms with Gasteiger partial charge in [0.05, 0.1) is 5.39 Å². The fourth-order valence-electron chi connectivity index (χ4n) is 3.19. The molecule has 0 bridgehead atoms. The second-order valence-corrected chi connectivity index (χ2v) is 6.28. The number of amides is 2. The van der Waals surface area contributed by atoms with Gasteiger partial charge >= 0.3 is 0 Å². The van der Waals surface area contributed by atoms with Crippen LogP contribution >= 0.6 is 0 Å². The van der Waals surface area contributed by atoms with Gasteiger partial charge in [0.25, 0.3) is 5.91 Å². The summed E-state index contributed by atoms with van der Waals surface area (Å²) in [5, 5.41) is 2.52. The standard InChI is InChI=1S/C19H14F2N2O3/c20-10-6-13-15(17(18(22)24)26-16(13)14(21)7-10)23-19(25)12-8-11(12)9-4-2-1-3-5-9/h1-7,11-12H,8H2,(H2,22,24)(H,23,25)/t11-,12+/m1/s1. The summed E-state index contributed by atoms with van der Waals surface area (Å²) >= 11 is 0. The van der Waals surface area contributed by atoms with Crippen LogP contribution in [0.15, 0.2) is 46.9 Å². The number of nitrogens with two attached hydrogens (primary N) is 1. The molecule has 0 unspecified atom stereocenters. The summed E-state index contributed by atoms with van der Waals surface area (Å²) in [5.41, 5.74) is 5.86. The van der Waals surface area contributed by atoms with Gasteiger partial charge in [-0.3, -0.25) is 9.59 Å². The Morgan fingerprint density at radius 2 is 1.88 bits per heavy atom. The molecule has 4 rings (SSSR count). The minimum Gasteiger partial charge on any atom is -0.446 e. The summed E-state index contributed by atoms with van der Waals surface area (Å²) < 4.78 is 32.6. The number of fused-ring (bicyclic) bond motifs is 1. The predicted molar refractivity (Wildman–Crippen MR) is 90.6 cm³/mol. The molecule has 1 aromatic heterocycles. The van der Waals surface area contributed by atoms with E-state index in [1.165, 1.54) is 0 Å². The Morgan fingerprint density at radius 3 is 2.58 bits per heavy atom. The number of anilines is 1. The number of hydrogen-bond acceptors (Lipinski definition) is 3. The van der Waals surface area contributed by atoms with Crippen molar-refractivity contribution >= 4 is 28.5 Å². The highest BCUT2D eigenvalue weighted by atomic mass is 19.1. The number of carbonyl (C=O) groups is 2. The molecule has 3 N–H and O–H groups in total. The minimum atomic E-state index is -0.980. The van der Waals surface area contributed by atoms with Gasteiger partial charge in [-0.25, -0.2) is 8.78 Å². The fraction of sp³-hybridized carbons (Fsp3) is 0.158. The van der Waals surface area contributed by atoms with E-state index in [-0.39, 0.29) is 34.4 Å². The molecule has 0 radical (unpaired) electrons. The molecule has 5 nitrogen and oxygen atoms in total. The van der Waals surface area contributed by atoms with Crippen LogP contribution in [0.25, 0.3) is 11.0 Å². The van der Waals surface area contributed by atoms with E-state index in [1.807, 2.05) is 30.3 Å². The second-order valence-electron chi connectivity index (χ2n) is 6.28. The number of furan rings is 1. The average Bonchev–Trinajstić information content (AvgIpc) is 3.33. The average molecular weight is 356 g/mol. The molecule has 0 aliphatic heterocycles. The topological polar surface area (TPSA) is 85.3 Å². The Bertz CT molecular complexity index is 1030. The van der Waals surface area contributed by atoms with Gasteiger partial charge in [0.15, 0.2) is 11.4 Å². The van der Waals surface area contributed by atoms with E-state index >= 15 is 0 Å². The van der Waals surface area contributed by atoms with Crippen molar-refractivity contribution in [3.63, 3.8) is 0 Å². The van der Waals surface area contributed by atoms with Crippen molar-refractivity contribution in [2.75, 3.05) is 5.32 Å².